The Labute approximate surface area is 197 Å². The smallest absolute Gasteiger partial charge is 0.227 e. The summed E-state index contributed by atoms with van der Waals surface area (Å²) < 4.78 is 13.4. The molecule has 0 N–H and O–H groups in total. The molecule has 1 amide bonds. The third-order valence-electron chi connectivity index (χ3n) is 5.94. The Morgan fingerprint density at radius 1 is 1.03 bits per heavy atom. The molecule has 2 heterocycles. The first-order chi connectivity index (χ1) is 16.1. The Bertz CT molecular complexity index is 1290. The van der Waals surface area contributed by atoms with E-state index in [2.05, 4.69) is 10.6 Å². The summed E-state index contributed by atoms with van der Waals surface area (Å²) in [4.78, 5) is 19.6. The van der Waals surface area contributed by atoms with Gasteiger partial charge in [-0.25, -0.2) is 4.98 Å². The number of anilines is 1. The van der Waals surface area contributed by atoms with E-state index in [9.17, 15) is 4.79 Å². The highest BCUT2D eigenvalue weighted by molar-refractivity contribution is 6.30. The summed E-state index contributed by atoms with van der Waals surface area (Å²) in [5.41, 5.74) is 2.82. The van der Waals surface area contributed by atoms with Gasteiger partial charge in [0.05, 0.1) is 24.7 Å². The normalized spacial score (nSPS) is 15.9. The van der Waals surface area contributed by atoms with E-state index in [1.807, 2.05) is 71.6 Å². The zero-order valence-electron chi connectivity index (χ0n) is 18.3. The number of hydrogen-bond donors (Lipinski definition) is 0. The molecule has 1 aliphatic rings. The average Bonchev–Trinajstić information content (AvgIpc) is 3.40. The molecule has 1 unspecified atom stereocenters. The molecule has 1 aliphatic heterocycles. The number of methoxy groups -OCH3 is 1. The zero-order valence-corrected chi connectivity index (χ0v) is 19.0. The number of aromatic nitrogens is 2. The van der Waals surface area contributed by atoms with Crippen molar-refractivity contribution in [3.63, 3.8) is 0 Å². The van der Waals surface area contributed by atoms with Crippen LogP contribution >= 0.6 is 11.6 Å². The molecular weight excluding hydrogens is 438 g/mol. The number of hydrogen-bond acceptors (Lipinski definition) is 4. The van der Waals surface area contributed by atoms with Gasteiger partial charge >= 0.3 is 0 Å². The molecule has 0 radical (unpaired) electrons. The maximum absolute atomic E-state index is 12.8. The van der Waals surface area contributed by atoms with Gasteiger partial charge in [-0.15, -0.1) is 0 Å². The summed E-state index contributed by atoms with van der Waals surface area (Å²) in [5, 5.41) is 0.653. The summed E-state index contributed by atoms with van der Waals surface area (Å²) in [6.45, 7) is 1.68. The van der Waals surface area contributed by atoms with Crippen molar-refractivity contribution in [3.8, 4) is 11.5 Å². The molecule has 1 aromatic heterocycles. The molecule has 7 heteroatoms. The minimum absolute atomic E-state index is 0.00241. The van der Waals surface area contributed by atoms with Gasteiger partial charge in [-0.05, 0) is 48.5 Å². The average molecular weight is 462 g/mol. The monoisotopic (exact) mass is 461 g/mol. The third-order valence-corrected chi connectivity index (χ3v) is 6.19. The Morgan fingerprint density at radius 2 is 1.82 bits per heavy atom. The van der Waals surface area contributed by atoms with Gasteiger partial charge in [0, 0.05) is 35.7 Å². The number of carbonyl (C=O) groups is 1. The second kappa shape index (κ2) is 9.16. The van der Waals surface area contributed by atoms with Crippen LogP contribution in [0.3, 0.4) is 0 Å². The number of fused-ring (bicyclic) bond motifs is 1. The Hall–Kier alpha value is -3.51. The number of para-hydroxylation sites is 2. The molecule has 0 spiro atoms. The molecular formula is C26H24ClN3O3. The van der Waals surface area contributed by atoms with Crippen molar-refractivity contribution in [2.75, 3.05) is 25.2 Å². The van der Waals surface area contributed by atoms with Crippen LogP contribution in [0.2, 0.25) is 5.02 Å². The lowest BCUT2D eigenvalue weighted by Crippen LogP contribution is -2.24. The van der Waals surface area contributed by atoms with E-state index in [1.54, 1.807) is 7.11 Å². The predicted molar refractivity (Wildman–Crippen MR) is 129 cm³/mol. The van der Waals surface area contributed by atoms with Crippen molar-refractivity contribution < 1.29 is 14.3 Å². The lowest BCUT2D eigenvalue weighted by atomic mass is 10.1. The van der Waals surface area contributed by atoms with Crippen LogP contribution in [-0.2, 0) is 11.3 Å². The van der Waals surface area contributed by atoms with Crippen molar-refractivity contribution in [3.05, 3.63) is 83.6 Å². The van der Waals surface area contributed by atoms with E-state index in [0.29, 0.717) is 31.1 Å². The van der Waals surface area contributed by atoms with E-state index in [0.717, 1.165) is 34.0 Å². The van der Waals surface area contributed by atoms with Crippen LogP contribution in [0.5, 0.6) is 11.5 Å². The number of carbonyl (C=O) groups excluding carboxylic acids is 1. The number of amides is 1. The maximum atomic E-state index is 12.8. The first-order valence-electron chi connectivity index (χ1n) is 10.9. The van der Waals surface area contributed by atoms with Crippen LogP contribution in [0.25, 0.3) is 11.0 Å². The van der Waals surface area contributed by atoms with E-state index in [-0.39, 0.29) is 11.8 Å². The molecule has 1 saturated heterocycles. The summed E-state index contributed by atoms with van der Waals surface area (Å²) in [6.07, 6.45) is 0.419. The van der Waals surface area contributed by atoms with Crippen molar-refractivity contribution in [2.45, 2.75) is 18.9 Å². The molecule has 0 bridgehead atoms. The summed E-state index contributed by atoms with van der Waals surface area (Å²) in [7, 11) is 1.64. The molecule has 33 heavy (non-hydrogen) atoms. The number of imidazole rings is 1. The SMILES string of the molecule is COc1cccc(OCCn2c(C3CC(=O)N(c4ccc(Cl)cc4)C3)nc3ccccc32)c1. The molecule has 6 nitrogen and oxygen atoms in total. The lowest BCUT2D eigenvalue weighted by molar-refractivity contribution is -0.117. The van der Waals surface area contributed by atoms with Gasteiger partial charge in [0.1, 0.15) is 23.9 Å². The molecule has 0 aliphatic carbocycles. The summed E-state index contributed by atoms with van der Waals surface area (Å²) in [5.74, 6) is 2.51. The van der Waals surface area contributed by atoms with Crippen LogP contribution in [0.15, 0.2) is 72.8 Å². The lowest BCUT2D eigenvalue weighted by Gasteiger charge is -2.17. The van der Waals surface area contributed by atoms with Crippen LogP contribution < -0.4 is 14.4 Å². The molecule has 4 aromatic rings. The predicted octanol–water partition coefficient (Wildman–Crippen LogP) is 5.30. The Morgan fingerprint density at radius 3 is 2.64 bits per heavy atom. The highest BCUT2D eigenvalue weighted by Crippen LogP contribution is 2.33. The van der Waals surface area contributed by atoms with Crippen LogP contribution in [0, 0.1) is 0 Å². The molecule has 1 atom stereocenters. The minimum Gasteiger partial charge on any atom is -0.497 e. The minimum atomic E-state index is -0.00241. The highest BCUT2D eigenvalue weighted by Gasteiger charge is 2.34. The Kier molecular flexibility index (Phi) is 5.92. The van der Waals surface area contributed by atoms with Crippen LogP contribution in [0.1, 0.15) is 18.2 Å². The fourth-order valence-electron chi connectivity index (χ4n) is 4.34. The van der Waals surface area contributed by atoms with E-state index in [4.69, 9.17) is 26.1 Å². The number of halogens is 1. The largest absolute Gasteiger partial charge is 0.497 e. The van der Waals surface area contributed by atoms with Gasteiger partial charge in [0.25, 0.3) is 0 Å². The molecule has 168 valence electrons. The molecule has 0 saturated carbocycles. The number of benzene rings is 3. The van der Waals surface area contributed by atoms with Gasteiger partial charge in [0.15, 0.2) is 0 Å². The summed E-state index contributed by atoms with van der Waals surface area (Å²) >= 11 is 6.02. The van der Waals surface area contributed by atoms with Crippen molar-refractivity contribution in [1.82, 2.24) is 9.55 Å². The fourth-order valence-corrected chi connectivity index (χ4v) is 4.46. The second-order valence-electron chi connectivity index (χ2n) is 8.02. The maximum Gasteiger partial charge on any atom is 0.227 e. The zero-order chi connectivity index (χ0) is 22.8. The molecule has 5 rings (SSSR count). The van der Waals surface area contributed by atoms with E-state index < -0.39 is 0 Å². The first kappa shape index (κ1) is 21.3. The Balaban J connectivity index is 1.38. The molecule has 1 fully saturated rings. The number of ether oxygens (including phenoxy) is 2. The summed E-state index contributed by atoms with van der Waals surface area (Å²) in [6, 6.07) is 23.0. The van der Waals surface area contributed by atoms with Gasteiger partial charge < -0.3 is 18.9 Å². The van der Waals surface area contributed by atoms with Crippen molar-refractivity contribution in [1.29, 1.82) is 0 Å². The van der Waals surface area contributed by atoms with E-state index in [1.165, 1.54) is 0 Å². The number of rotatable bonds is 7. The van der Waals surface area contributed by atoms with Gasteiger partial charge in [-0.2, -0.15) is 0 Å². The van der Waals surface area contributed by atoms with Crippen molar-refractivity contribution in [2.24, 2.45) is 0 Å². The highest BCUT2D eigenvalue weighted by atomic mass is 35.5. The van der Waals surface area contributed by atoms with Crippen LogP contribution in [0.4, 0.5) is 5.69 Å². The quantitative estimate of drug-likeness (QED) is 0.375. The van der Waals surface area contributed by atoms with E-state index >= 15 is 0 Å². The van der Waals surface area contributed by atoms with Gasteiger partial charge in [0.2, 0.25) is 5.91 Å². The van der Waals surface area contributed by atoms with Gasteiger partial charge in [-0.3, -0.25) is 4.79 Å². The van der Waals surface area contributed by atoms with Gasteiger partial charge in [-0.1, -0.05) is 29.8 Å². The molecule has 3 aromatic carbocycles. The first-order valence-corrected chi connectivity index (χ1v) is 11.3. The van der Waals surface area contributed by atoms with Crippen molar-refractivity contribution >= 4 is 34.2 Å². The third kappa shape index (κ3) is 4.39. The number of nitrogens with zero attached hydrogens (tertiary/aromatic N) is 3. The second-order valence-corrected chi connectivity index (χ2v) is 8.46. The standard InChI is InChI=1S/C26H24ClN3O3/c1-32-21-5-4-6-22(16-21)33-14-13-29-24-8-3-2-7-23(24)28-26(29)18-15-25(31)30(17-18)20-11-9-19(27)10-12-20/h2-12,16,18H,13-15,17H2,1H3. The topological polar surface area (TPSA) is 56.6 Å². The fraction of sp³-hybridized carbons (Fsp3) is 0.231. The van der Waals surface area contributed by atoms with Crippen LogP contribution in [-0.4, -0.2) is 35.7 Å².